The predicted octanol–water partition coefficient (Wildman–Crippen LogP) is -1.21. The van der Waals surface area contributed by atoms with Gasteiger partial charge < -0.3 is 6.92 Å². The Balaban J connectivity index is 0. The minimum atomic E-state index is 0. The Morgan fingerprint density at radius 3 is 2.17 bits per heavy atom. The van der Waals surface area contributed by atoms with Crippen molar-refractivity contribution < 1.29 is 18.9 Å². The fraction of sp³-hybridized carbons (Fsp3) is 0.400. The quantitative estimate of drug-likeness (QED) is 0.209. The average Bonchev–Trinajstić information content (AvgIpc) is 1.41. The Bertz CT molecular complexity index is 30.9. The second-order valence-electron chi connectivity index (χ2n) is 0.858. The fourth-order valence-electron chi connectivity index (χ4n) is 0.167. The van der Waals surface area contributed by atoms with Gasteiger partial charge in [-0.1, -0.05) is 6.08 Å². The van der Waals surface area contributed by atoms with E-state index < -0.39 is 0 Å². The van der Waals surface area contributed by atoms with Gasteiger partial charge in [-0.3, -0.25) is 0 Å². The first-order valence-electron chi connectivity index (χ1n) is 1.82. The summed E-state index contributed by atoms with van der Waals surface area (Å²) in [5, 5.41) is 0. The van der Waals surface area contributed by atoms with Crippen molar-refractivity contribution in [3.05, 3.63) is 19.1 Å². The van der Waals surface area contributed by atoms with E-state index in [1.54, 1.807) is 0 Å². The second-order valence-corrected chi connectivity index (χ2v) is 0.858. The number of allylic oxidation sites excluding steroid dienone is 2. The molecule has 0 spiro atoms. The molecule has 0 bridgehead atoms. The largest absolute Gasteiger partial charge is 1.00 e. The molecular weight excluding hydrogens is 67.0 g/mol. The third-order valence-electron chi connectivity index (χ3n) is 0.402. The van der Waals surface area contributed by atoms with Crippen LogP contribution in [0.3, 0.4) is 0 Å². The van der Waals surface area contributed by atoms with Gasteiger partial charge in [0.25, 0.3) is 0 Å². The van der Waals surface area contributed by atoms with E-state index in [0.29, 0.717) is 0 Å². The minimum Gasteiger partial charge on any atom is -0.340 e. The van der Waals surface area contributed by atoms with Gasteiger partial charge in [-0.2, -0.15) is 6.42 Å². The van der Waals surface area contributed by atoms with Crippen LogP contribution in [0, 0.1) is 6.92 Å². The Labute approximate surface area is 51.8 Å². The van der Waals surface area contributed by atoms with Crippen molar-refractivity contribution in [1.29, 1.82) is 0 Å². The third kappa shape index (κ3) is 8.84. The fourth-order valence-corrected chi connectivity index (χ4v) is 0.167. The van der Waals surface area contributed by atoms with Crippen LogP contribution in [-0.4, -0.2) is 0 Å². The Morgan fingerprint density at radius 1 is 1.67 bits per heavy atom. The SMILES string of the molecule is [CH2-]CC=CC.[Li+]. The molecule has 0 aromatic carbocycles. The van der Waals surface area contributed by atoms with E-state index in [4.69, 9.17) is 0 Å². The third-order valence-corrected chi connectivity index (χ3v) is 0.402. The van der Waals surface area contributed by atoms with Crippen LogP contribution < -0.4 is 18.9 Å². The van der Waals surface area contributed by atoms with Crippen LogP contribution in [-0.2, 0) is 0 Å². The molecule has 0 aromatic heterocycles. The molecule has 0 aliphatic rings. The second kappa shape index (κ2) is 9.02. The number of rotatable bonds is 1. The van der Waals surface area contributed by atoms with Gasteiger partial charge in [0.05, 0.1) is 0 Å². The summed E-state index contributed by atoms with van der Waals surface area (Å²) in [4.78, 5) is 0. The summed E-state index contributed by atoms with van der Waals surface area (Å²) in [7, 11) is 0. The molecule has 0 rings (SSSR count). The molecule has 0 heterocycles. The topological polar surface area (TPSA) is 0 Å². The zero-order valence-electron chi connectivity index (χ0n) is 4.57. The van der Waals surface area contributed by atoms with Gasteiger partial charge in [0.2, 0.25) is 0 Å². The van der Waals surface area contributed by atoms with Crippen LogP contribution in [0.15, 0.2) is 12.2 Å². The van der Waals surface area contributed by atoms with E-state index in [1.165, 1.54) is 0 Å². The summed E-state index contributed by atoms with van der Waals surface area (Å²) in [6.45, 7) is 5.58. The van der Waals surface area contributed by atoms with Crippen LogP contribution in [0.5, 0.6) is 0 Å². The van der Waals surface area contributed by atoms with Crippen molar-refractivity contribution >= 4 is 0 Å². The standard InChI is InChI=1S/C5H9.Li/c1-3-5-4-2;/h4-5H,1,3H2,2H3;/q-1;+1. The molecular formula is C5H9Li. The van der Waals surface area contributed by atoms with E-state index in [2.05, 4.69) is 6.92 Å². The van der Waals surface area contributed by atoms with Crippen molar-refractivity contribution in [3.8, 4) is 0 Å². The van der Waals surface area contributed by atoms with Gasteiger partial charge in [-0.05, 0) is 6.92 Å². The molecule has 6 heavy (non-hydrogen) atoms. The summed E-state index contributed by atoms with van der Waals surface area (Å²) in [5.41, 5.74) is 0. The molecule has 0 aliphatic carbocycles. The maximum Gasteiger partial charge on any atom is 1.00 e. The van der Waals surface area contributed by atoms with Crippen molar-refractivity contribution in [2.24, 2.45) is 0 Å². The molecule has 0 radical (unpaired) electrons. The average molecular weight is 76.1 g/mol. The number of hydrogen-bond acceptors (Lipinski definition) is 0. The molecule has 0 amide bonds. The first-order valence-corrected chi connectivity index (χ1v) is 1.82. The van der Waals surface area contributed by atoms with Gasteiger partial charge in [-0.15, -0.1) is 6.08 Å². The van der Waals surface area contributed by atoms with Gasteiger partial charge in [0.1, 0.15) is 0 Å². The monoisotopic (exact) mass is 76.1 g/mol. The van der Waals surface area contributed by atoms with E-state index >= 15 is 0 Å². The van der Waals surface area contributed by atoms with Crippen molar-refractivity contribution in [1.82, 2.24) is 0 Å². The summed E-state index contributed by atoms with van der Waals surface area (Å²) in [6.07, 6.45) is 4.92. The first kappa shape index (κ1) is 9.60. The molecule has 0 saturated carbocycles. The Morgan fingerprint density at radius 2 is 2.17 bits per heavy atom. The molecule has 0 N–H and O–H groups in total. The van der Waals surface area contributed by atoms with E-state index in [0.717, 1.165) is 6.42 Å². The zero-order valence-corrected chi connectivity index (χ0v) is 4.57. The van der Waals surface area contributed by atoms with Crippen molar-refractivity contribution in [3.63, 3.8) is 0 Å². The summed E-state index contributed by atoms with van der Waals surface area (Å²) in [6, 6.07) is 0. The smallest absolute Gasteiger partial charge is 0.340 e. The molecule has 30 valence electrons. The Hall–Kier alpha value is 0.337. The maximum atomic E-state index is 3.59. The van der Waals surface area contributed by atoms with Crippen LogP contribution >= 0.6 is 0 Å². The van der Waals surface area contributed by atoms with Crippen LogP contribution in [0.1, 0.15) is 13.3 Å². The van der Waals surface area contributed by atoms with Crippen LogP contribution in [0.2, 0.25) is 0 Å². The maximum absolute atomic E-state index is 3.59. The molecule has 0 saturated heterocycles. The van der Waals surface area contributed by atoms with Gasteiger partial charge in [0.15, 0.2) is 0 Å². The summed E-state index contributed by atoms with van der Waals surface area (Å²) >= 11 is 0. The van der Waals surface area contributed by atoms with Gasteiger partial charge >= 0.3 is 18.9 Å². The van der Waals surface area contributed by atoms with Crippen LogP contribution in [0.4, 0.5) is 0 Å². The molecule has 0 aromatic rings. The van der Waals surface area contributed by atoms with Crippen LogP contribution in [0.25, 0.3) is 0 Å². The number of hydrogen-bond donors (Lipinski definition) is 0. The molecule has 1 heteroatoms. The van der Waals surface area contributed by atoms with Crippen molar-refractivity contribution in [2.75, 3.05) is 0 Å². The molecule has 0 unspecified atom stereocenters. The van der Waals surface area contributed by atoms with E-state index in [1.807, 2.05) is 19.1 Å². The van der Waals surface area contributed by atoms with E-state index in [-0.39, 0.29) is 18.9 Å². The summed E-state index contributed by atoms with van der Waals surface area (Å²) in [5.74, 6) is 0. The predicted molar refractivity (Wildman–Crippen MR) is 24.8 cm³/mol. The minimum absolute atomic E-state index is 0. The first-order chi connectivity index (χ1) is 2.41. The molecule has 0 fully saturated rings. The summed E-state index contributed by atoms with van der Waals surface area (Å²) < 4.78 is 0. The van der Waals surface area contributed by atoms with Gasteiger partial charge in [-0.25, -0.2) is 0 Å². The van der Waals surface area contributed by atoms with Crippen molar-refractivity contribution in [2.45, 2.75) is 13.3 Å². The Kier molecular flexibility index (Phi) is 14.4. The zero-order chi connectivity index (χ0) is 4.12. The van der Waals surface area contributed by atoms with Gasteiger partial charge in [0, 0.05) is 0 Å². The molecule has 0 nitrogen and oxygen atoms in total. The molecule has 0 atom stereocenters. The van der Waals surface area contributed by atoms with E-state index in [9.17, 15) is 0 Å². The molecule has 0 aliphatic heterocycles. The normalized spacial score (nSPS) is 8.33.